The number of nitrogens with zero attached hydrogens (tertiary/aromatic N) is 6. The molecule has 0 spiro atoms. The number of anilines is 2. The van der Waals surface area contributed by atoms with Crippen LogP contribution in [0.2, 0.25) is 0 Å². The summed E-state index contributed by atoms with van der Waals surface area (Å²) in [5.74, 6) is 0.215. The quantitative estimate of drug-likeness (QED) is 0.650. The Hall–Kier alpha value is -3.14. The van der Waals surface area contributed by atoms with Crippen molar-refractivity contribution in [3.8, 4) is 0 Å². The topological polar surface area (TPSA) is 100 Å². The molecule has 4 heterocycles. The van der Waals surface area contributed by atoms with E-state index in [4.69, 9.17) is 0 Å². The Balaban J connectivity index is 1.20. The van der Waals surface area contributed by atoms with E-state index in [9.17, 15) is 9.18 Å². The fourth-order valence-electron chi connectivity index (χ4n) is 3.43. The van der Waals surface area contributed by atoms with Crippen LogP contribution in [0.15, 0.2) is 24.8 Å². The number of amides is 1. The van der Waals surface area contributed by atoms with Crippen LogP contribution in [0.1, 0.15) is 29.0 Å². The first kappa shape index (κ1) is 17.9. The Morgan fingerprint density at radius 3 is 2.76 bits per heavy atom. The Kier molecular flexibility index (Phi) is 4.35. The maximum Gasteiger partial charge on any atom is 0.277 e. The highest BCUT2D eigenvalue weighted by atomic mass is 19.1. The minimum atomic E-state index is -0.749. The first-order valence-corrected chi connectivity index (χ1v) is 9.69. The molecule has 3 aromatic rings. The van der Waals surface area contributed by atoms with Crippen molar-refractivity contribution in [1.29, 1.82) is 0 Å². The first-order chi connectivity index (χ1) is 14.0. The molecule has 0 atom stereocenters. The number of halogens is 1. The number of rotatable bonds is 6. The van der Waals surface area contributed by atoms with Gasteiger partial charge < -0.3 is 15.5 Å². The Morgan fingerprint density at radius 2 is 2.03 bits per heavy atom. The van der Waals surface area contributed by atoms with E-state index in [1.54, 1.807) is 19.3 Å². The minimum absolute atomic E-state index is 0.0806. The number of hydrogen-bond acceptors (Lipinski definition) is 7. The number of imidazole rings is 1. The highest BCUT2D eigenvalue weighted by Gasteiger charge is 2.30. The molecule has 9 nitrogen and oxygen atoms in total. The molecule has 1 aliphatic heterocycles. The molecular weight excluding hydrogens is 375 g/mol. The molecule has 29 heavy (non-hydrogen) atoms. The van der Waals surface area contributed by atoms with E-state index in [-0.39, 0.29) is 17.2 Å². The van der Waals surface area contributed by atoms with E-state index in [1.165, 1.54) is 29.6 Å². The highest BCUT2D eigenvalue weighted by molar-refractivity contribution is 6.02. The number of hydrogen-bond donors (Lipinski definition) is 2. The van der Waals surface area contributed by atoms with Gasteiger partial charge in [0.1, 0.15) is 11.5 Å². The van der Waals surface area contributed by atoms with E-state index in [0.29, 0.717) is 11.6 Å². The average molecular weight is 396 g/mol. The Morgan fingerprint density at radius 1 is 1.21 bits per heavy atom. The van der Waals surface area contributed by atoms with Crippen molar-refractivity contribution < 1.29 is 9.18 Å². The molecule has 0 unspecified atom stereocenters. The van der Waals surface area contributed by atoms with Crippen LogP contribution in [0, 0.1) is 18.8 Å². The van der Waals surface area contributed by atoms with Gasteiger partial charge in [0.2, 0.25) is 0 Å². The van der Waals surface area contributed by atoms with Gasteiger partial charge in [-0.25, -0.2) is 15.0 Å². The van der Waals surface area contributed by atoms with Crippen LogP contribution in [0.3, 0.4) is 0 Å². The predicted molar refractivity (Wildman–Crippen MR) is 104 cm³/mol. The van der Waals surface area contributed by atoms with Crippen molar-refractivity contribution in [3.63, 3.8) is 0 Å². The van der Waals surface area contributed by atoms with Crippen LogP contribution in [0.25, 0.3) is 5.65 Å². The zero-order valence-corrected chi connectivity index (χ0v) is 16.0. The van der Waals surface area contributed by atoms with Crippen LogP contribution >= 0.6 is 0 Å². The van der Waals surface area contributed by atoms with E-state index in [1.807, 2.05) is 0 Å². The second-order valence-corrected chi connectivity index (χ2v) is 7.70. The zero-order valence-electron chi connectivity index (χ0n) is 16.0. The minimum Gasteiger partial charge on any atom is -0.355 e. The molecule has 150 valence electrons. The van der Waals surface area contributed by atoms with Crippen LogP contribution in [-0.2, 0) is 0 Å². The number of aromatic nitrogens is 5. The molecule has 3 aromatic heterocycles. The molecule has 1 amide bonds. The fraction of sp³-hybridized carbons (Fsp3) is 0.421. The predicted octanol–water partition coefficient (Wildman–Crippen LogP) is 1.41. The summed E-state index contributed by atoms with van der Waals surface area (Å²) in [7, 11) is 0. The Labute approximate surface area is 166 Å². The third-order valence-corrected chi connectivity index (χ3v) is 5.18. The molecule has 0 bridgehead atoms. The van der Waals surface area contributed by atoms with Crippen LogP contribution in [0.4, 0.5) is 16.0 Å². The molecule has 5 rings (SSSR count). The number of carbonyl (C=O) groups is 1. The maximum atomic E-state index is 14.1. The second kappa shape index (κ2) is 7.03. The number of fused-ring (bicyclic) bond motifs is 1. The van der Waals surface area contributed by atoms with Crippen molar-refractivity contribution in [2.24, 2.45) is 5.92 Å². The Bertz CT molecular complexity index is 1060. The largest absolute Gasteiger partial charge is 0.355 e. The molecule has 2 fully saturated rings. The summed E-state index contributed by atoms with van der Waals surface area (Å²) < 4.78 is 15.5. The zero-order chi connectivity index (χ0) is 20.0. The molecule has 1 saturated heterocycles. The van der Waals surface area contributed by atoms with Gasteiger partial charge in [-0.1, -0.05) is 0 Å². The van der Waals surface area contributed by atoms with E-state index in [2.05, 4.69) is 35.5 Å². The van der Waals surface area contributed by atoms with Gasteiger partial charge in [0, 0.05) is 37.8 Å². The molecule has 2 aliphatic rings. The lowest BCUT2D eigenvalue weighted by Gasteiger charge is -2.40. The van der Waals surface area contributed by atoms with E-state index >= 15 is 0 Å². The molecule has 0 radical (unpaired) electrons. The van der Waals surface area contributed by atoms with Gasteiger partial charge in [0.05, 0.1) is 24.3 Å². The molecule has 10 heteroatoms. The fourth-order valence-corrected chi connectivity index (χ4v) is 3.43. The molecule has 0 aromatic carbocycles. The van der Waals surface area contributed by atoms with Gasteiger partial charge in [0.25, 0.3) is 11.9 Å². The summed E-state index contributed by atoms with van der Waals surface area (Å²) in [6.07, 6.45) is 8.78. The number of aryl methyl sites for hydroxylation is 1. The summed E-state index contributed by atoms with van der Waals surface area (Å²) >= 11 is 0. The second-order valence-electron chi connectivity index (χ2n) is 7.70. The molecule has 2 N–H and O–H groups in total. The lowest BCUT2D eigenvalue weighted by atomic mass is 10.0. The average Bonchev–Trinajstić information content (AvgIpc) is 3.41. The van der Waals surface area contributed by atoms with E-state index < -0.39 is 11.9 Å². The van der Waals surface area contributed by atoms with Gasteiger partial charge in [-0.05, 0) is 19.8 Å². The van der Waals surface area contributed by atoms with Crippen LogP contribution < -0.4 is 15.5 Å². The SMILES string of the molecule is Cc1cn2cc(NC(=O)c3cnc(N4CC(CNC5CC5)C4)cn3)nc(F)c2n1. The summed E-state index contributed by atoms with van der Waals surface area (Å²) in [5.41, 5.74) is 0.919. The monoisotopic (exact) mass is 396 g/mol. The maximum absolute atomic E-state index is 14.1. The van der Waals surface area contributed by atoms with Crippen molar-refractivity contribution in [3.05, 3.63) is 42.1 Å². The van der Waals surface area contributed by atoms with Gasteiger partial charge in [-0.3, -0.25) is 9.20 Å². The normalized spacial score (nSPS) is 16.8. The van der Waals surface area contributed by atoms with E-state index in [0.717, 1.165) is 31.5 Å². The first-order valence-electron chi connectivity index (χ1n) is 9.69. The van der Waals surface area contributed by atoms with Gasteiger partial charge >= 0.3 is 0 Å². The van der Waals surface area contributed by atoms with Crippen molar-refractivity contribution in [2.45, 2.75) is 25.8 Å². The van der Waals surface area contributed by atoms with Crippen LogP contribution in [0.5, 0.6) is 0 Å². The molecule has 1 aliphatic carbocycles. The van der Waals surface area contributed by atoms with Crippen molar-refractivity contribution in [1.82, 2.24) is 29.7 Å². The number of carbonyl (C=O) groups excluding carboxylic acids is 1. The van der Waals surface area contributed by atoms with Gasteiger partial charge in [0.15, 0.2) is 11.5 Å². The van der Waals surface area contributed by atoms with Gasteiger partial charge in [-0.2, -0.15) is 9.37 Å². The van der Waals surface area contributed by atoms with Crippen molar-refractivity contribution in [2.75, 3.05) is 29.9 Å². The van der Waals surface area contributed by atoms with Crippen molar-refractivity contribution >= 4 is 23.2 Å². The summed E-state index contributed by atoms with van der Waals surface area (Å²) in [5, 5.41) is 6.09. The lowest BCUT2D eigenvalue weighted by molar-refractivity contribution is 0.102. The third kappa shape index (κ3) is 3.75. The highest BCUT2D eigenvalue weighted by Crippen LogP contribution is 2.24. The lowest BCUT2D eigenvalue weighted by Crippen LogP contribution is -2.51. The van der Waals surface area contributed by atoms with Gasteiger partial charge in [-0.15, -0.1) is 0 Å². The summed E-state index contributed by atoms with van der Waals surface area (Å²) in [4.78, 5) is 30.9. The number of nitrogens with one attached hydrogen (secondary N) is 2. The molecular formula is C19H21FN8O. The van der Waals surface area contributed by atoms with Crippen LogP contribution in [-0.4, -0.2) is 55.9 Å². The smallest absolute Gasteiger partial charge is 0.277 e. The standard InChI is InChI=1S/C19H21FN8O/c1-11-7-28-10-15(25-17(20)18(28)24-11)26-19(29)14-5-23-16(6-22-14)27-8-12(9-27)4-21-13-2-3-13/h5-7,10,12-13,21H,2-4,8-9H2,1H3,(H,26,29). The summed E-state index contributed by atoms with van der Waals surface area (Å²) in [6, 6.07) is 0.725. The summed E-state index contributed by atoms with van der Waals surface area (Å²) in [6.45, 7) is 4.67. The molecule has 1 saturated carbocycles. The third-order valence-electron chi connectivity index (χ3n) is 5.18.